The van der Waals surface area contributed by atoms with Crippen LogP contribution in [0, 0.1) is 5.41 Å². The van der Waals surface area contributed by atoms with E-state index in [0.29, 0.717) is 39.0 Å². The van der Waals surface area contributed by atoms with Gasteiger partial charge in [-0.2, -0.15) is 0 Å². The van der Waals surface area contributed by atoms with Crippen LogP contribution in [-0.2, 0) is 9.59 Å². The molecule has 1 rings (SSSR count). The number of carbonyl (C=O) groups excluding carboxylic acids is 3. The van der Waals surface area contributed by atoms with Gasteiger partial charge in [-0.1, -0.05) is 41.5 Å². The Morgan fingerprint density at radius 1 is 0.655 bits per heavy atom. The van der Waals surface area contributed by atoms with E-state index in [2.05, 4.69) is 37.5 Å². The van der Waals surface area contributed by atoms with Gasteiger partial charge in [0, 0.05) is 26.2 Å². The Morgan fingerprint density at radius 3 is 1.21 bits per heavy atom. The summed E-state index contributed by atoms with van der Waals surface area (Å²) in [6, 6.07) is -0.457. The van der Waals surface area contributed by atoms with E-state index in [1.54, 1.807) is 0 Å². The van der Waals surface area contributed by atoms with Gasteiger partial charge in [-0.3, -0.25) is 19.4 Å². The molecule has 4 amide bonds. The second-order valence-corrected chi connectivity index (χ2v) is 7.04. The monoisotopic (exact) mass is 454 g/mol. The van der Waals surface area contributed by atoms with Crippen LogP contribution in [0.4, 0.5) is 4.79 Å². The van der Waals surface area contributed by atoms with Crippen molar-refractivity contribution in [2.45, 2.75) is 54.4 Å². The maximum atomic E-state index is 13.1. The standard InChI is InChI=1S/C20H38N4O3.2ClH/c1-7-20(8-2)17(25)23(15-13-21(9-3)10-4)19(27)24(18(20)26)16-14-22(11-5)12-6;;/h7-16H2,1-6H3;2*1H. The summed E-state index contributed by atoms with van der Waals surface area (Å²) in [5.74, 6) is -0.650. The number of hydrogen-bond donors (Lipinski definition) is 0. The molecule has 7 nitrogen and oxygen atoms in total. The van der Waals surface area contributed by atoms with E-state index >= 15 is 0 Å². The molecular weight excluding hydrogens is 415 g/mol. The minimum absolute atomic E-state index is 0. The van der Waals surface area contributed by atoms with Crippen molar-refractivity contribution in [3.63, 3.8) is 0 Å². The highest BCUT2D eigenvalue weighted by molar-refractivity contribution is 6.19. The Morgan fingerprint density at radius 2 is 0.966 bits per heavy atom. The van der Waals surface area contributed by atoms with Gasteiger partial charge >= 0.3 is 6.03 Å². The molecule has 1 aliphatic rings. The Hall–Kier alpha value is -0.890. The maximum absolute atomic E-state index is 13.1. The smallest absolute Gasteiger partial charge is 0.302 e. The van der Waals surface area contributed by atoms with Gasteiger partial charge in [-0.25, -0.2) is 4.79 Å². The molecule has 0 aromatic rings. The number of barbiturate groups is 1. The number of nitrogens with zero attached hydrogens (tertiary/aromatic N) is 4. The predicted molar refractivity (Wildman–Crippen MR) is 122 cm³/mol. The molecular formula is C20H40Cl2N4O3. The third-order valence-corrected chi connectivity index (χ3v) is 6.05. The molecule has 0 N–H and O–H groups in total. The van der Waals surface area contributed by atoms with Gasteiger partial charge in [-0.05, 0) is 39.0 Å². The number of carbonyl (C=O) groups is 3. The van der Waals surface area contributed by atoms with E-state index < -0.39 is 11.4 Å². The Labute approximate surface area is 188 Å². The molecule has 0 atom stereocenters. The van der Waals surface area contributed by atoms with Crippen LogP contribution in [0.3, 0.4) is 0 Å². The second kappa shape index (κ2) is 14.2. The SMILES string of the molecule is CCN(CC)CCN1C(=O)N(CCN(CC)CC)C(=O)C(CC)(CC)C1=O.Cl.Cl. The quantitative estimate of drug-likeness (QED) is 0.423. The van der Waals surface area contributed by atoms with Crippen molar-refractivity contribution in [3.8, 4) is 0 Å². The first-order valence-corrected chi connectivity index (χ1v) is 10.5. The average molecular weight is 455 g/mol. The van der Waals surface area contributed by atoms with Crippen LogP contribution >= 0.6 is 24.8 Å². The summed E-state index contributed by atoms with van der Waals surface area (Å²) in [5, 5.41) is 0. The van der Waals surface area contributed by atoms with E-state index in [1.807, 2.05) is 13.8 Å². The zero-order chi connectivity index (χ0) is 20.6. The van der Waals surface area contributed by atoms with Gasteiger partial charge in [0.1, 0.15) is 5.41 Å². The summed E-state index contributed by atoms with van der Waals surface area (Å²) in [6.45, 7) is 17.3. The Balaban J connectivity index is 0. The molecule has 0 aliphatic carbocycles. The largest absolute Gasteiger partial charge is 0.333 e. The van der Waals surface area contributed by atoms with Crippen LogP contribution in [0.5, 0.6) is 0 Å². The van der Waals surface area contributed by atoms with Crippen LogP contribution in [-0.4, -0.2) is 89.8 Å². The van der Waals surface area contributed by atoms with E-state index in [-0.39, 0.29) is 36.6 Å². The predicted octanol–water partition coefficient (Wildman–Crippen LogP) is 3.11. The number of hydrogen-bond acceptors (Lipinski definition) is 5. The lowest BCUT2D eigenvalue weighted by molar-refractivity contribution is -0.159. The molecule has 0 spiro atoms. The highest BCUT2D eigenvalue weighted by Crippen LogP contribution is 2.35. The summed E-state index contributed by atoms with van der Waals surface area (Å²) in [7, 11) is 0. The van der Waals surface area contributed by atoms with Gasteiger partial charge in [0.25, 0.3) is 0 Å². The van der Waals surface area contributed by atoms with Crippen LogP contribution in [0.1, 0.15) is 54.4 Å². The highest BCUT2D eigenvalue weighted by Gasteiger charge is 2.54. The maximum Gasteiger partial charge on any atom is 0.333 e. The fraction of sp³-hybridized carbons (Fsp3) is 0.850. The summed E-state index contributed by atoms with van der Waals surface area (Å²) in [5.41, 5.74) is -1.11. The van der Waals surface area contributed by atoms with E-state index in [4.69, 9.17) is 0 Å². The van der Waals surface area contributed by atoms with Gasteiger partial charge in [0.15, 0.2) is 0 Å². The number of amides is 4. The third kappa shape index (κ3) is 6.54. The minimum atomic E-state index is -1.11. The molecule has 0 unspecified atom stereocenters. The lowest BCUT2D eigenvalue weighted by Gasteiger charge is -2.44. The van der Waals surface area contributed by atoms with Gasteiger partial charge in [0.05, 0.1) is 0 Å². The summed E-state index contributed by atoms with van der Waals surface area (Å²) >= 11 is 0. The van der Waals surface area contributed by atoms with Crippen molar-refractivity contribution >= 4 is 42.7 Å². The molecule has 0 bridgehead atoms. The normalized spacial score (nSPS) is 16.3. The van der Waals surface area contributed by atoms with Crippen molar-refractivity contribution in [3.05, 3.63) is 0 Å². The zero-order valence-corrected chi connectivity index (χ0v) is 20.5. The average Bonchev–Trinajstić information content (AvgIpc) is 2.68. The molecule has 1 saturated heterocycles. The fourth-order valence-electron chi connectivity index (χ4n) is 3.74. The van der Waals surface area contributed by atoms with Crippen LogP contribution < -0.4 is 0 Å². The molecule has 29 heavy (non-hydrogen) atoms. The van der Waals surface area contributed by atoms with Crippen LogP contribution in [0.25, 0.3) is 0 Å². The number of rotatable bonds is 12. The van der Waals surface area contributed by atoms with E-state index in [9.17, 15) is 14.4 Å². The number of imide groups is 2. The lowest BCUT2D eigenvalue weighted by Crippen LogP contribution is -2.66. The molecule has 172 valence electrons. The molecule has 0 aromatic heterocycles. The Bertz CT molecular complexity index is 482. The molecule has 9 heteroatoms. The summed E-state index contributed by atoms with van der Waals surface area (Å²) in [4.78, 5) is 46.3. The summed E-state index contributed by atoms with van der Waals surface area (Å²) < 4.78 is 0. The van der Waals surface area contributed by atoms with Crippen molar-refractivity contribution in [2.24, 2.45) is 5.41 Å². The second-order valence-electron chi connectivity index (χ2n) is 7.04. The zero-order valence-electron chi connectivity index (χ0n) is 18.9. The number of likely N-dealkylation sites (N-methyl/N-ethyl adjacent to an activating group) is 2. The lowest BCUT2D eigenvalue weighted by atomic mass is 9.78. The first-order chi connectivity index (χ1) is 12.9. The van der Waals surface area contributed by atoms with Crippen LogP contribution in [0.2, 0.25) is 0 Å². The highest BCUT2D eigenvalue weighted by atomic mass is 35.5. The van der Waals surface area contributed by atoms with Gasteiger partial charge < -0.3 is 9.80 Å². The van der Waals surface area contributed by atoms with Gasteiger partial charge in [0.2, 0.25) is 11.8 Å². The topological polar surface area (TPSA) is 64.2 Å². The number of urea groups is 1. The molecule has 0 radical (unpaired) electrons. The van der Waals surface area contributed by atoms with Crippen molar-refractivity contribution in [2.75, 3.05) is 52.4 Å². The molecule has 0 saturated carbocycles. The van der Waals surface area contributed by atoms with Crippen LogP contribution in [0.15, 0.2) is 0 Å². The van der Waals surface area contributed by atoms with Crippen molar-refractivity contribution < 1.29 is 14.4 Å². The third-order valence-electron chi connectivity index (χ3n) is 6.05. The van der Waals surface area contributed by atoms with E-state index in [0.717, 1.165) is 26.2 Å². The summed E-state index contributed by atoms with van der Waals surface area (Å²) in [6.07, 6.45) is 0.829. The first kappa shape index (κ1) is 30.3. The molecule has 1 fully saturated rings. The minimum Gasteiger partial charge on any atom is -0.302 e. The van der Waals surface area contributed by atoms with Crippen molar-refractivity contribution in [1.82, 2.24) is 19.6 Å². The molecule has 1 aliphatic heterocycles. The number of halogens is 2. The first-order valence-electron chi connectivity index (χ1n) is 10.5. The van der Waals surface area contributed by atoms with E-state index in [1.165, 1.54) is 9.80 Å². The molecule has 1 heterocycles. The fourth-order valence-corrected chi connectivity index (χ4v) is 3.74. The molecule has 0 aromatic carbocycles. The van der Waals surface area contributed by atoms with Crippen molar-refractivity contribution in [1.29, 1.82) is 0 Å². The Kier molecular flexibility index (Phi) is 14.8. The van der Waals surface area contributed by atoms with Gasteiger partial charge in [-0.15, -0.1) is 24.8 Å².